The van der Waals surface area contributed by atoms with Crippen LogP contribution in [0.1, 0.15) is 22.4 Å². The lowest BCUT2D eigenvalue weighted by Gasteiger charge is -1.95. The van der Waals surface area contributed by atoms with Crippen molar-refractivity contribution in [2.24, 2.45) is 0 Å². The summed E-state index contributed by atoms with van der Waals surface area (Å²) in [4.78, 5) is 15.1. The fourth-order valence-electron chi connectivity index (χ4n) is 0.719. The zero-order valence-corrected chi connectivity index (χ0v) is 7.36. The Balaban J connectivity index is 2.69. The SMILES string of the molecule is CCNC(=O)c1csc(C)n1. The van der Waals surface area contributed by atoms with E-state index in [0.717, 1.165) is 5.01 Å². The van der Waals surface area contributed by atoms with Crippen LogP contribution < -0.4 is 5.32 Å². The van der Waals surface area contributed by atoms with Crippen molar-refractivity contribution in [3.63, 3.8) is 0 Å². The van der Waals surface area contributed by atoms with Gasteiger partial charge in [0.1, 0.15) is 5.69 Å². The van der Waals surface area contributed by atoms with Crippen LogP contribution in [0.2, 0.25) is 0 Å². The van der Waals surface area contributed by atoms with Gasteiger partial charge in [-0.2, -0.15) is 0 Å². The van der Waals surface area contributed by atoms with Crippen molar-refractivity contribution in [3.8, 4) is 0 Å². The van der Waals surface area contributed by atoms with Crippen LogP contribution in [-0.4, -0.2) is 17.4 Å². The number of hydrogen-bond donors (Lipinski definition) is 1. The second kappa shape index (κ2) is 3.48. The molecule has 11 heavy (non-hydrogen) atoms. The fraction of sp³-hybridized carbons (Fsp3) is 0.429. The first-order valence-electron chi connectivity index (χ1n) is 3.44. The van der Waals surface area contributed by atoms with E-state index in [1.54, 1.807) is 5.38 Å². The van der Waals surface area contributed by atoms with Gasteiger partial charge in [-0.1, -0.05) is 0 Å². The predicted molar refractivity (Wildman–Crippen MR) is 44.9 cm³/mol. The molecule has 0 aromatic carbocycles. The Hall–Kier alpha value is -0.900. The van der Waals surface area contributed by atoms with E-state index in [4.69, 9.17) is 0 Å². The minimum Gasteiger partial charge on any atom is -0.351 e. The molecule has 0 aliphatic heterocycles. The minimum absolute atomic E-state index is 0.0862. The Morgan fingerprint density at radius 2 is 2.55 bits per heavy atom. The van der Waals surface area contributed by atoms with E-state index >= 15 is 0 Å². The average Bonchev–Trinajstić information content (AvgIpc) is 2.36. The number of aromatic nitrogens is 1. The van der Waals surface area contributed by atoms with Crippen molar-refractivity contribution >= 4 is 17.2 Å². The van der Waals surface area contributed by atoms with Gasteiger partial charge in [0.25, 0.3) is 5.91 Å². The summed E-state index contributed by atoms with van der Waals surface area (Å²) in [5.74, 6) is -0.0862. The van der Waals surface area contributed by atoms with Gasteiger partial charge in [-0.25, -0.2) is 4.98 Å². The smallest absolute Gasteiger partial charge is 0.270 e. The van der Waals surface area contributed by atoms with Crippen LogP contribution in [0, 0.1) is 6.92 Å². The molecule has 0 aliphatic carbocycles. The maximum Gasteiger partial charge on any atom is 0.270 e. The average molecular weight is 170 g/mol. The third kappa shape index (κ3) is 2.01. The molecule has 0 radical (unpaired) electrons. The summed E-state index contributed by atoms with van der Waals surface area (Å²) in [5, 5.41) is 5.37. The van der Waals surface area contributed by atoms with Crippen LogP contribution in [0.4, 0.5) is 0 Å². The van der Waals surface area contributed by atoms with Gasteiger partial charge in [0.15, 0.2) is 0 Å². The molecule has 1 N–H and O–H groups in total. The molecular weight excluding hydrogens is 160 g/mol. The summed E-state index contributed by atoms with van der Waals surface area (Å²) < 4.78 is 0. The standard InChI is InChI=1S/C7H10N2OS/c1-3-8-7(10)6-4-11-5(2)9-6/h4H,3H2,1-2H3,(H,8,10). The van der Waals surface area contributed by atoms with Gasteiger partial charge in [0, 0.05) is 11.9 Å². The highest BCUT2D eigenvalue weighted by Gasteiger charge is 2.06. The molecule has 0 atom stereocenters. The first kappa shape index (κ1) is 8.20. The third-order valence-electron chi connectivity index (χ3n) is 1.19. The van der Waals surface area contributed by atoms with Crippen molar-refractivity contribution < 1.29 is 4.79 Å². The number of nitrogens with zero attached hydrogens (tertiary/aromatic N) is 1. The topological polar surface area (TPSA) is 42.0 Å². The first-order chi connectivity index (χ1) is 5.24. The normalized spacial score (nSPS) is 9.64. The molecule has 1 heterocycles. The van der Waals surface area contributed by atoms with Gasteiger partial charge in [-0.3, -0.25) is 4.79 Å². The van der Waals surface area contributed by atoms with Crippen molar-refractivity contribution in [2.45, 2.75) is 13.8 Å². The quantitative estimate of drug-likeness (QED) is 0.724. The number of amides is 1. The Bertz CT molecular complexity index is 257. The summed E-state index contributed by atoms with van der Waals surface area (Å²) in [5.41, 5.74) is 0.523. The summed E-state index contributed by atoms with van der Waals surface area (Å²) in [6, 6.07) is 0. The van der Waals surface area contributed by atoms with Crippen LogP contribution in [0.25, 0.3) is 0 Å². The molecule has 0 bridgehead atoms. The van der Waals surface area contributed by atoms with Crippen molar-refractivity contribution in [2.75, 3.05) is 6.54 Å². The molecule has 0 unspecified atom stereocenters. The molecule has 1 amide bonds. The lowest BCUT2D eigenvalue weighted by Crippen LogP contribution is -2.22. The van der Waals surface area contributed by atoms with Crippen molar-refractivity contribution in [1.82, 2.24) is 10.3 Å². The molecule has 1 aromatic rings. The lowest BCUT2D eigenvalue weighted by atomic mass is 10.4. The zero-order chi connectivity index (χ0) is 8.27. The van der Waals surface area contributed by atoms with E-state index in [1.807, 2.05) is 13.8 Å². The molecular formula is C7H10N2OS. The van der Waals surface area contributed by atoms with E-state index in [2.05, 4.69) is 10.3 Å². The zero-order valence-electron chi connectivity index (χ0n) is 6.55. The van der Waals surface area contributed by atoms with Gasteiger partial charge in [-0.15, -0.1) is 11.3 Å². The summed E-state index contributed by atoms with van der Waals surface area (Å²) in [6.07, 6.45) is 0. The van der Waals surface area contributed by atoms with Crippen molar-refractivity contribution in [1.29, 1.82) is 0 Å². The highest BCUT2D eigenvalue weighted by molar-refractivity contribution is 7.09. The molecule has 1 rings (SSSR count). The lowest BCUT2D eigenvalue weighted by molar-refractivity contribution is 0.0951. The Morgan fingerprint density at radius 3 is 3.00 bits per heavy atom. The second-order valence-electron chi connectivity index (χ2n) is 2.11. The van der Waals surface area contributed by atoms with E-state index in [1.165, 1.54) is 11.3 Å². The van der Waals surface area contributed by atoms with E-state index in [-0.39, 0.29) is 5.91 Å². The molecule has 0 fully saturated rings. The molecule has 0 saturated heterocycles. The molecule has 60 valence electrons. The van der Waals surface area contributed by atoms with Crippen LogP contribution in [0.5, 0.6) is 0 Å². The van der Waals surface area contributed by atoms with Crippen LogP contribution in [0.15, 0.2) is 5.38 Å². The van der Waals surface area contributed by atoms with Crippen molar-refractivity contribution in [3.05, 3.63) is 16.1 Å². The Kier molecular flexibility index (Phi) is 2.59. The second-order valence-corrected chi connectivity index (χ2v) is 3.17. The maximum atomic E-state index is 11.1. The molecule has 0 spiro atoms. The van der Waals surface area contributed by atoms with Crippen LogP contribution in [0.3, 0.4) is 0 Å². The molecule has 4 heteroatoms. The highest BCUT2D eigenvalue weighted by Crippen LogP contribution is 2.06. The summed E-state index contributed by atoms with van der Waals surface area (Å²) in [6.45, 7) is 4.42. The number of hydrogen-bond acceptors (Lipinski definition) is 3. The summed E-state index contributed by atoms with van der Waals surface area (Å²) >= 11 is 1.49. The van der Waals surface area contributed by atoms with Gasteiger partial charge in [0.05, 0.1) is 5.01 Å². The summed E-state index contributed by atoms with van der Waals surface area (Å²) in [7, 11) is 0. The minimum atomic E-state index is -0.0862. The highest BCUT2D eigenvalue weighted by atomic mass is 32.1. The predicted octanol–water partition coefficient (Wildman–Crippen LogP) is 1.20. The number of carbonyl (C=O) groups excluding carboxylic acids is 1. The number of rotatable bonds is 2. The number of nitrogens with one attached hydrogen (secondary N) is 1. The molecule has 0 aliphatic rings. The Labute approximate surface area is 69.5 Å². The van der Waals surface area contributed by atoms with Gasteiger partial charge < -0.3 is 5.32 Å². The fourth-order valence-corrected chi connectivity index (χ4v) is 1.31. The monoisotopic (exact) mass is 170 g/mol. The van der Waals surface area contributed by atoms with E-state index in [0.29, 0.717) is 12.2 Å². The molecule has 3 nitrogen and oxygen atoms in total. The van der Waals surface area contributed by atoms with E-state index in [9.17, 15) is 4.79 Å². The number of thiazole rings is 1. The Morgan fingerprint density at radius 1 is 1.82 bits per heavy atom. The van der Waals surface area contributed by atoms with Gasteiger partial charge >= 0.3 is 0 Å². The molecule has 1 aromatic heterocycles. The number of aryl methyl sites for hydroxylation is 1. The maximum absolute atomic E-state index is 11.1. The molecule has 0 saturated carbocycles. The van der Waals surface area contributed by atoms with Crippen LogP contribution >= 0.6 is 11.3 Å². The largest absolute Gasteiger partial charge is 0.351 e. The van der Waals surface area contributed by atoms with Gasteiger partial charge in [0.2, 0.25) is 0 Å². The first-order valence-corrected chi connectivity index (χ1v) is 4.32. The van der Waals surface area contributed by atoms with Gasteiger partial charge in [-0.05, 0) is 13.8 Å². The van der Waals surface area contributed by atoms with Crippen LogP contribution in [-0.2, 0) is 0 Å². The number of carbonyl (C=O) groups is 1. The third-order valence-corrected chi connectivity index (χ3v) is 1.96. The van der Waals surface area contributed by atoms with E-state index < -0.39 is 0 Å².